The summed E-state index contributed by atoms with van der Waals surface area (Å²) < 4.78 is 92.9. The summed E-state index contributed by atoms with van der Waals surface area (Å²) in [6, 6.07) is 6.39. The number of halogens is 7. The predicted octanol–water partition coefficient (Wildman–Crippen LogP) is 6.04. The third-order valence-electron chi connectivity index (χ3n) is 6.58. The molecule has 0 saturated heterocycles. The van der Waals surface area contributed by atoms with Gasteiger partial charge in [0.25, 0.3) is 0 Å². The minimum absolute atomic E-state index is 0.0666. The Morgan fingerprint density at radius 2 is 1.78 bits per heavy atom. The first-order valence-corrected chi connectivity index (χ1v) is 9.52. The van der Waals surface area contributed by atoms with Crippen molar-refractivity contribution in [2.24, 2.45) is 11.3 Å². The highest BCUT2D eigenvalue weighted by atomic mass is 19.4. The van der Waals surface area contributed by atoms with Gasteiger partial charge in [-0.3, -0.25) is 4.79 Å². The van der Waals surface area contributed by atoms with Crippen LogP contribution in [0.15, 0.2) is 36.4 Å². The fourth-order valence-corrected chi connectivity index (χ4v) is 4.93. The average molecular weight is 456 g/mol. The summed E-state index contributed by atoms with van der Waals surface area (Å²) in [6.07, 6.45) is -9.06. The van der Waals surface area contributed by atoms with Gasteiger partial charge in [-0.2, -0.15) is 31.6 Å². The number of nitrogens with one attached hydrogen (secondary N) is 1. The van der Waals surface area contributed by atoms with Gasteiger partial charge in [0.1, 0.15) is 5.82 Å². The molecule has 0 spiro atoms. The number of nitrogens with zero attached hydrogens (tertiary/aromatic N) is 1. The Kier molecular flexibility index (Phi) is 4.63. The minimum atomic E-state index is -4.79. The van der Waals surface area contributed by atoms with E-state index in [1.54, 1.807) is 6.92 Å². The number of benzene rings is 2. The molecule has 2 saturated carbocycles. The molecule has 10 heteroatoms. The van der Waals surface area contributed by atoms with Crippen molar-refractivity contribution in [1.29, 1.82) is 5.26 Å². The third-order valence-corrected chi connectivity index (χ3v) is 6.58. The number of hydrogen-bond acceptors (Lipinski definition) is 2. The highest BCUT2D eigenvalue weighted by molar-refractivity contribution is 5.97. The monoisotopic (exact) mass is 456 g/mol. The molecular weight excluding hydrogens is 441 g/mol. The molecule has 3 nitrogen and oxygen atoms in total. The van der Waals surface area contributed by atoms with Crippen molar-refractivity contribution >= 4 is 11.6 Å². The van der Waals surface area contributed by atoms with Crippen LogP contribution in [0.2, 0.25) is 0 Å². The Morgan fingerprint density at radius 1 is 1.09 bits per heavy atom. The van der Waals surface area contributed by atoms with E-state index in [0.29, 0.717) is 18.6 Å². The van der Waals surface area contributed by atoms with Gasteiger partial charge in [0.05, 0.1) is 28.2 Å². The third kappa shape index (κ3) is 3.31. The van der Waals surface area contributed by atoms with Gasteiger partial charge in [0, 0.05) is 11.1 Å². The van der Waals surface area contributed by atoms with Crippen LogP contribution in [-0.2, 0) is 22.6 Å². The summed E-state index contributed by atoms with van der Waals surface area (Å²) in [5, 5.41) is 11.3. The summed E-state index contributed by atoms with van der Waals surface area (Å²) in [5.74, 6) is -1.83. The van der Waals surface area contributed by atoms with Crippen molar-refractivity contribution in [3.63, 3.8) is 0 Å². The lowest BCUT2D eigenvalue weighted by atomic mass is 9.60. The van der Waals surface area contributed by atoms with Gasteiger partial charge in [-0.25, -0.2) is 4.39 Å². The smallest absolute Gasteiger partial charge is 0.326 e. The van der Waals surface area contributed by atoms with Gasteiger partial charge in [-0.15, -0.1) is 0 Å². The second-order valence-corrected chi connectivity index (χ2v) is 8.52. The Morgan fingerprint density at radius 3 is 2.34 bits per heavy atom. The van der Waals surface area contributed by atoms with Crippen LogP contribution in [-0.4, -0.2) is 5.91 Å². The Hall–Kier alpha value is -3.09. The molecule has 1 amide bonds. The van der Waals surface area contributed by atoms with Crippen LogP contribution in [0, 0.1) is 28.5 Å². The van der Waals surface area contributed by atoms with Crippen molar-refractivity contribution in [2.75, 3.05) is 5.32 Å². The number of fused-ring (bicyclic) bond motifs is 1. The molecule has 0 aromatic heterocycles. The average Bonchev–Trinajstić information content (AvgIpc) is 3.33. The Labute approximate surface area is 177 Å². The zero-order valence-electron chi connectivity index (χ0n) is 16.5. The molecule has 2 aliphatic carbocycles. The lowest BCUT2D eigenvalue weighted by Crippen LogP contribution is -2.48. The zero-order valence-corrected chi connectivity index (χ0v) is 16.5. The van der Waals surface area contributed by atoms with Crippen LogP contribution in [0.25, 0.3) is 0 Å². The van der Waals surface area contributed by atoms with E-state index in [4.69, 9.17) is 5.26 Å². The summed E-state index contributed by atoms with van der Waals surface area (Å²) in [5.41, 5.74) is -4.99. The fraction of sp³-hybridized carbons (Fsp3) is 0.364. The normalized spacial score (nSPS) is 26.5. The van der Waals surface area contributed by atoms with E-state index in [-0.39, 0.29) is 17.7 Å². The van der Waals surface area contributed by atoms with Gasteiger partial charge >= 0.3 is 12.4 Å². The molecule has 0 aliphatic heterocycles. The molecule has 4 rings (SSSR count). The van der Waals surface area contributed by atoms with Gasteiger partial charge in [-0.1, -0.05) is 6.92 Å². The van der Waals surface area contributed by atoms with Gasteiger partial charge in [0.15, 0.2) is 0 Å². The summed E-state index contributed by atoms with van der Waals surface area (Å²) >= 11 is 0. The van der Waals surface area contributed by atoms with Crippen molar-refractivity contribution in [2.45, 2.75) is 37.5 Å². The summed E-state index contributed by atoms with van der Waals surface area (Å²) in [6.45, 7) is 1.55. The van der Waals surface area contributed by atoms with Crippen LogP contribution in [0.3, 0.4) is 0 Å². The van der Waals surface area contributed by atoms with E-state index in [0.717, 1.165) is 18.2 Å². The highest BCUT2D eigenvalue weighted by Gasteiger charge is 2.76. The zero-order chi connectivity index (χ0) is 23.7. The number of carbonyl (C=O) groups is 1. The Balaban J connectivity index is 1.55. The quantitative estimate of drug-likeness (QED) is 0.573. The summed E-state index contributed by atoms with van der Waals surface area (Å²) in [7, 11) is 0. The van der Waals surface area contributed by atoms with Crippen LogP contribution in [0.4, 0.5) is 36.4 Å². The molecule has 2 aromatic rings. The van der Waals surface area contributed by atoms with Crippen molar-refractivity contribution in [3.8, 4) is 6.07 Å². The molecule has 3 atom stereocenters. The van der Waals surface area contributed by atoms with E-state index in [1.807, 2.05) is 0 Å². The maximum absolute atomic E-state index is 14.3. The maximum Gasteiger partial charge on any atom is 0.417 e. The van der Waals surface area contributed by atoms with Gasteiger partial charge in [-0.05, 0) is 60.7 Å². The molecule has 0 radical (unpaired) electrons. The number of hydrogen-bond donors (Lipinski definition) is 1. The first-order chi connectivity index (χ1) is 14.7. The molecule has 0 bridgehead atoms. The number of rotatable bonds is 3. The highest BCUT2D eigenvalue weighted by Crippen LogP contribution is 2.77. The largest absolute Gasteiger partial charge is 0.417 e. The first-order valence-electron chi connectivity index (χ1n) is 9.52. The molecule has 1 N–H and O–H groups in total. The van der Waals surface area contributed by atoms with E-state index in [1.165, 1.54) is 12.1 Å². The van der Waals surface area contributed by atoms with Crippen molar-refractivity contribution in [3.05, 3.63) is 64.5 Å². The van der Waals surface area contributed by atoms with Crippen LogP contribution in [0.5, 0.6) is 0 Å². The van der Waals surface area contributed by atoms with Crippen LogP contribution in [0.1, 0.15) is 42.0 Å². The van der Waals surface area contributed by atoms with E-state index < -0.39 is 57.5 Å². The van der Waals surface area contributed by atoms with E-state index in [2.05, 4.69) is 5.32 Å². The second-order valence-electron chi connectivity index (χ2n) is 8.52. The Bertz CT molecular complexity index is 1160. The number of alkyl halides is 6. The lowest BCUT2D eigenvalue weighted by molar-refractivity contribution is -0.138. The maximum atomic E-state index is 14.3. The van der Waals surface area contributed by atoms with E-state index in [9.17, 15) is 35.5 Å². The van der Waals surface area contributed by atoms with Crippen LogP contribution < -0.4 is 5.32 Å². The number of anilines is 1. The molecule has 2 fully saturated rings. The number of carbonyl (C=O) groups excluding carboxylic acids is 1. The van der Waals surface area contributed by atoms with Crippen LogP contribution >= 0.6 is 0 Å². The van der Waals surface area contributed by atoms with Crippen molar-refractivity contribution < 1.29 is 35.5 Å². The standard InChI is InChI=1S/C22H15F7N2O/c1-19(18(32)31-13-4-2-11(9-30)14(7-13)22(27,28)29)10-20(8-17(19)20)15-6-12(21(24,25)26)3-5-16(15)23/h2-7,17H,8,10H2,1H3,(H,31,32). The predicted molar refractivity (Wildman–Crippen MR) is 98.7 cm³/mol. The molecule has 32 heavy (non-hydrogen) atoms. The fourth-order valence-electron chi connectivity index (χ4n) is 4.93. The molecule has 2 aliphatic rings. The molecular formula is C22H15F7N2O. The minimum Gasteiger partial charge on any atom is -0.326 e. The van der Waals surface area contributed by atoms with Gasteiger partial charge in [0.2, 0.25) is 5.91 Å². The van der Waals surface area contributed by atoms with Gasteiger partial charge < -0.3 is 5.32 Å². The molecule has 2 aromatic carbocycles. The molecule has 168 valence electrons. The molecule has 0 heterocycles. The SMILES string of the molecule is CC1(C(=O)Nc2ccc(C#N)c(C(F)(F)F)c2)CC2(c3cc(C(F)(F)F)ccc3F)CC12. The topological polar surface area (TPSA) is 52.9 Å². The lowest BCUT2D eigenvalue weighted by Gasteiger charge is -2.43. The van der Waals surface area contributed by atoms with E-state index >= 15 is 0 Å². The number of nitriles is 1. The summed E-state index contributed by atoms with van der Waals surface area (Å²) in [4.78, 5) is 12.8. The number of amides is 1. The second kappa shape index (κ2) is 6.70. The van der Waals surface area contributed by atoms with Crippen molar-refractivity contribution in [1.82, 2.24) is 0 Å². The first kappa shape index (κ1) is 22.1. The molecule has 3 unspecified atom stereocenters.